The third kappa shape index (κ3) is 7.73. The van der Waals surface area contributed by atoms with Crippen molar-refractivity contribution in [3.63, 3.8) is 0 Å². The number of ketones is 1. The SMILES string of the molecule is C=C/C=C\C(NCC(C=C)CC(=O)CC(C)C1(C)CCC(F)(F)CC1)=C(C)C. The van der Waals surface area contributed by atoms with Gasteiger partial charge in [0.2, 0.25) is 5.92 Å². The number of alkyl halides is 2. The summed E-state index contributed by atoms with van der Waals surface area (Å²) in [7, 11) is 0. The molecule has 0 bridgehead atoms. The van der Waals surface area contributed by atoms with Gasteiger partial charge in [0, 0.05) is 43.8 Å². The van der Waals surface area contributed by atoms with Gasteiger partial charge in [-0.2, -0.15) is 0 Å². The Balaban J connectivity index is 2.57. The van der Waals surface area contributed by atoms with E-state index in [4.69, 9.17) is 0 Å². The van der Waals surface area contributed by atoms with Crippen molar-refractivity contribution in [2.24, 2.45) is 17.3 Å². The highest BCUT2D eigenvalue weighted by Gasteiger charge is 2.43. The van der Waals surface area contributed by atoms with E-state index in [0.717, 1.165) is 11.3 Å². The summed E-state index contributed by atoms with van der Waals surface area (Å²) in [6.07, 6.45) is 9.09. The minimum Gasteiger partial charge on any atom is -0.384 e. The molecule has 2 nitrogen and oxygen atoms in total. The number of allylic oxidation sites excluding steroid dienone is 4. The van der Waals surface area contributed by atoms with Crippen molar-refractivity contribution in [1.29, 1.82) is 0 Å². The highest BCUT2D eigenvalue weighted by Crippen LogP contribution is 2.48. The van der Waals surface area contributed by atoms with Gasteiger partial charge in [0.15, 0.2) is 0 Å². The summed E-state index contributed by atoms with van der Waals surface area (Å²) >= 11 is 0. The monoisotopic (exact) mass is 393 g/mol. The minimum absolute atomic E-state index is 0.0367. The number of Topliss-reactive ketones (excluding diaryl/α,β-unsaturated/α-hetero) is 1. The number of hydrogen-bond donors (Lipinski definition) is 1. The average molecular weight is 394 g/mol. The van der Waals surface area contributed by atoms with Gasteiger partial charge in [0.25, 0.3) is 0 Å². The van der Waals surface area contributed by atoms with E-state index in [9.17, 15) is 13.6 Å². The Labute approximate surface area is 169 Å². The smallest absolute Gasteiger partial charge is 0.248 e. The van der Waals surface area contributed by atoms with Crippen LogP contribution in [0, 0.1) is 17.3 Å². The Bertz CT molecular complexity index is 604. The van der Waals surface area contributed by atoms with E-state index in [0.29, 0.717) is 32.2 Å². The van der Waals surface area contributed by atoms with Crippen LogP contribution in [0.5, 0.6) is 0 Å². The van der Waals surface area contributed by atoms with E-state index < -0.39 is 5.92 Å². The molecule has 1 aliphatic rings. The molecule has 1 aliphatic carbocycles. The summed E-state index contributed by atoms with van der Waals surface area (Å²) in [5, 5.41) is 3.38. The molecule has 1 fully saturated rings. The van der Waals surface area contributed by atoms with Crippen LogP contribution in [0.4, 0.5) is 8.78 Å². The Hall–Kier alpha value is -1.71. The van der Waals surface area contributed by atoms with Crippen LogP contribution < -0.4 is 5.32 Å². The van der Waals surface area contributed by atoms with Crippen LogP contribution in [-0.2, 0) is 4.79 Å². The Kier molecular flexibility index (Phi) is 9.32. The van der Waals surface area contributed by atoms with Crippen molar-refractivity contribution in [2.45, 2.75) is 72.1 Å². The molecule has 1 N–H and O–H groups in total. The molecule has 0 aromatic rings. The van der Waals surface area contributed by atoms with Gasteiger partial charge in [-0.15, -0.1) is 6.58 Å². The maximum atomic E-state index is 13.5. The van der Waals surface area contributed by atoms with Crippen LogP contribution in [0.1, 0.15) is 66.2 Å². The van der Waals surface area contributed by atoms with Crippen molar-refractivity contribution in [2.75, 3.05) is 6.54 Å². The fourth-order valence-electron chi connectivity index (χ4n) is 3.69. The molecular formula is C24H37F2NO. The zero-order valence-electron chi connectivity index (χ0n) is 18.0. The lowest BCUT2D eigenvalue weighted by Gasteiger charge is -2.41. The van der Waals surface area contributed by atoms with E-state index >= 15 is 0 Å². The largest absolute Gasteiger partial charge is 0.384 e. The van der Waals surface area contributed by atoms with Crippen molar-refractivity contribution >= 4 is 5.78 Å². The highest BCUT2D eigenvalue weighted by atomic mass is 19.3. The van der Waals surface area contributed by atoms with Gasteiger partial charge in [-0.05, 0) is 44.1 Å². The molecular weight excluding hydrogens is 356 g/mol. The number of nitrogens with one attached hydrogen (secondary N) is 1. The molecule has 0 aromatic heterocycles. The quantitative estimate of drug-likeness (QED) is 0.316. The number of carbonyl (C=O) groups excluding carboxylic acids is 1. The molecule has 28 heavy (non-hydrogen) atoms. The Morgan fingerprint density at radius 2 is 1.75 bits per heavy atom. The second kappa shape index (κ2) is 10.7. The lowest BCUT2D eigenvalue weighted by molar-refractivity contribution is -0.122. The zero-order valence-corrected chi connectivity index (χ0v) is 18.0. The van der Waals surface area contributed by atoms with Gasteiger partial charge < -0.3 is 5.32 Å². The molecule has 158 valence electrons. The maximum Gasteiger partial charge on any atom is 0.248 e. The van der Waals surface area contributed by atoms with Crippen LogP contribution >= 0.6 is 0 Å². The third-order valence-electron chi connectivity index (χ3n) is 6.16. The molecule has 2 unspecified atom stereocenters. The summed E-state index contributed by atoms with van der Waals surface area (Å²) in [4.78, 5) is 12.6. The van der Waals surface area contributed by atoms with Crippen molar-refractivity contribution < 1.29 is 13.6 Å². The minimum atomic E-state index is -2.54. The number of halogens is 2. The van der Waals surface area contributed by atoms with Crippen LogP contribution in [0.25, 0.3) is 0 Å². The summed E-state index contributed by atoms with van der Waals surface area (Å²) in [6, 6.07) is 0. The number of carbonyl (C=O) groups is 1. The van der Waals surface area contributed by atoms with E-state index in [2.05, 4.69) is 25.4 Å². The van der Waals surface area contributed by atoms with E-state index in [-0.39, 0.29) is 35.9 Å². The first kappa shape index (κ1) is 24.3. The lowest BCUT2D eigenvalue weighted by Crippen LogP contribution is -2.36. The summed E-state index contributed by atoms with van der Waals surface area (Å²) < 4.78 is 27.0. The molecule has 0 saturated heterocycles. The van der Waals surface area contributed by atoms with Crippen LogP contribution in [-0.4, -0.2) is 18.3 Å². The van der Waals surface area contributed by atoms with Crippen molar-refractivity contribution in [1.82, 2.24) is 5.32 Å². The normalized spacial score (nSPS) is 20.2. The second-order valence-corrected chi connectivity index (χ2v) is 8.74. The second-order valence-electron chi connectivity index (χ2n) is 8.74. The van der Waals surface area contributed by atoms with E-state index in [1.54, 1.807) is 6.08 Å². The fourth-order valence-corrected chi connectivity index (χ4v) is 3.69. The van der Waals surface area contributed by atoms with Gasteiger partial charge in [-0.25, -0.2) is 8.78 Å². The molecule has 1 saturated carbocycles. The van der Waals surface area contributed by atoms with E-state index in [1.807, 2.05) is 39.0 Å². The van der Waals surface area contributed by atoms with Crippen LogP contribution in [0.3, 0.4) is 0 Å². The first-order chi connectivity index (χ1) is 13.0. The Morgan fingerprint density at radius 1 is 1.14 bits per heavy atom. The number of hydrogen-bond acceptors (Lipinski definition) is 2. The molecule has 4 heteroatoms. The molecule has 1 rings (SSSR count). The van der Waals surface area contributed by atoms with Crippen LogP contribution in [0.2, 0.25) is 0 Å². The third-order valence-corrected chi connectivity index (χ3v) is 6.16. The van der Waals surface area contributed by atoms with Gasteiger partial charge in [0.1, 0.15) is 5.78 Å². The van der Waals surface area contributed by atoms with Crippen LogP contribution in [0.15, 0.2) is 48.7 Å². The predicted molar refractivity (Wildman–Crippen MR) is 114 cm³/mol. The average Bonchev–Trinajstić information content (AvgIpc) is 2.62. The molecule has 0 heterocycles. The summed E-state index contributed by atoms with van der Waals surface area (Å²) in [5.41, 5.74) is 2.00. The van der Waals surface area contributed by atoms with Crippen molar-refractivity contribution in [3.8, 4) is 0 Å². The first-order valence-corrected chi connectivity index (χ1v) is 10.3. The molecule has 0 aliphatic heterocycles. The van der Waals surface area contributed by atoms with Gasteiger partial charge >= 0.3 is 0 Å². The zero-order chi connectivity index (χ0) is 21.4. The molecule has 0 spiro atoms. The van der Waals surface area contributed by atoms with Gasteiger partial charge in [-0.3, -0.25) is 4.79 Å². The van der Waals surface area contributed by atoms with Gasteiger partial charge in [-0.1, -0.05) is 44.2 Å². The summed E-state index contributed by atoms with van der Waals surface area (Å²) in [5.74, 6) is -2.21. The highest BCUT2D eigenvalue weighted by molar-refractivity contribution is 5.79. The molecule has 0 radical (unpaired) electrons. The summed E-state index contributed by atoms with van der Waals surface area (Å²) in [6.45, 7) is 16.3. The molecule has 0 aromatic carbocycles. The lowest BCUT2D eigenvalue weighted by atomic mass is 9.65. The van der Waals surface area contributed by atoms with Crippen molar-refractivity contribution in [3.05, 3.63) is 48.7 Å². The first-order valence-electron chi connectivity index (χ1n) is 10.3. The predicted octanol–water partition coefficient (Wildman–Crippen LogP) is 6.62. The molecule has 0 amide bonds. The topological polar surface area (TPSA) is 29.1 Å². The maximum absolute atomic E-state index is 13.5. The van der Waals surface area contributed by atoms with E-state index in [1.165, 1.54) is 0 Å². The Morgan fingerprint density at radius 3 is 2.25 bits per heavy atom. The standard InChI is InChI=1S/C24H37F2NO/c1-7-9-10-22(18(3)4)27-17-20(8-2)16-21(28)15-19(5)23(6)11-13-24(25,26)14-12-23/h7-10,19-20,27H,1-2,11-17H2,3-6H3/b10-9-. The van der Waals surface area contributed by atoms with Gasteiger partial charge in [0.05, 0.1) is 0 Å². The fraction of sp³-hybridized carbons (Fsp3) is 0.625. The molecule has 2 atom stereocenters. The number of rotatable bonds is 11.